The summed E-state index contributed by atoms with van der Waals surface area (Å²) in [5.41, 5.74) is 0.749. The van der Waals surface area contributed by atoms with Crippen LogP contribution in [0.25, 0.3) is 0 Å². The topological polar surface area (TPSA) is 46.5 Å². The number of benzene rings is 1. The van der Waals surface area contributed by atoms with Crippen LogP contribution in [0.3, 0.4) is 0 Å². The van der Waals surface area contributed by atoms with Crippen molar-refractivity contribution in [2.75, 3.05) is 7.11 Å². The first kappa shape index (κ1) is 13.2. The molecule has 0 aliphatic heterocycles. The predicted molar refractivity (Wildman–Crippen MR) is 63.4 cm³/mol. The van der Waals surface area contributed by atoms with Crippen LogP contribution in [-0.4, -0.2) is 33.1 Å². The van der Waals surface area contributed by atoms with E-state index in [0.29, 0.717) is 0 Å². The van der Waals surface area contributed by atoms with Crippen molar-refractivity contribution >= 4 is 20.9 Å². The fourth-order valence-electron chi connectivity index (χ4n) is 1.46. The molecule has 1 aromatic carbocycles. The van der Waals surface area contributed by atoms with Gasteiger partial charge in [0.1, 0.15) is 0 Å². The number of carbonyl (C=O) groups is 1. The second kappa shape index (κ2) is 5.48. The molecule has 0 spiro atoms. The zero-order valence-corrected chi connectivity index (χ0v) is 11.3. The van der Waals surface area contributed by atoms with Gasteiger partial charge in [0.25, 0.3) is 0 Å². The van der Waals surface area contributed by atoms with E-state index < -0.39 is 10.4 Å². The van der Waals surface area contributed by atoms with Gasteiger partial charge in [-0.15, -0.1) is 0 Å². The summed E-state index contributed by atoms with van der Waals surface area (Å²) in [7, 11) is 1.35. The fraction of sp³-hybridized carbons (Fsp3) is 0.417. The molecule has 3 nitrogen and oxygen atoms in total. The molecule has 0 saturated heterocycles. The monoisotopic (exact) mass is 288 g/mol. The quantitative estimate of drug-likeness (QED) is 0.679. The van der Waals surface area contributed by atoms with E-state index in [1.165, 1.54) is 7.11 Å². The molecule has 2 atom stereocenters. The molecule has 1 aromatic rings. The Morgan fingerprint density at radius 1 is 1.44 bits per heavy atom. The minimum atomic E-state index is -0.830. The normalized spacial score (nSPS) is 16.2. The van der Waals surface area contributed by atoms with Gasteiger partial charge in [-0.25, -0.2) is 0 Å². The number of rotatable bonds is 4. The molecule has 0 bridgehead atoms. The Bertz CT molecular complexity index is 353. The van der Waals surface area contributed by atoms with Crippen molar-refractivity contribution in [3.8, 4) is 0 Å². The molecule has 0 saturated carbocycles. The second-order valence-corrected chi connectivity index (χ2v) is 6.25. The number of ether oxygens (including phenoxy) is 1. The summed E-state index contributed by atoms with van der Waals surface area (Å²) < 4.78 is 3.94. The molecule has 0 aromatic heterocycles. The van der Waals surface area contributed by atoms with Crippen molar-refractivity contribution in [3.05, 3.63) is 35.9 Å². The van der Waals surface area contributed by atoms with E-state index in [-0.39, 0.29) is 20.9 Å². The molecule has 0 aliphatic carbocycles. The van der Waals surface area contributed by atoms with Gasteiger partial charge < -0.3 is 0 Å². The van der Waals surface area contributed by atoms with Crippen LogP contribution in [0.2, 0.25) is 10.1 Å². The Kier molecular flexibility index (Phi) is 4.54. The molecule has 0 radical (unpaired) electrons. The van der Waals surface area contributed by atoms with Crippen molar-refractivity contribution in [3.63, 3.8) is 0 Å². The van der Waals surface area contributed by atoms with Crippen molar-refractivity contribution in [1.82, 2.24) is 0 Å². The first-order valence-corrected chi connectivity index (χ1v) is 7.49. The van der Waals surface area contributed by atoms with Crippen LogP contribution in [0.4, 0.5) is 0 Å². The Labute approximate surface area is 102 Å². The average Bonchev–Trinajstić information content (AvgIpc) is 2.36. The Morgan fingerprint density at radius 3 is 2.44 bits per heavy atom. The van der Waals surface area contributed by atoms with Gasteiger partial charge in [0.2, 0.25) is 0 Å². The van der Waals surface area contributed by atoms with Gasteiger partial charge in [-0.05, 0) is 0 Å². The molecule has 0 aliphatic rings. The molecule has 1 rings (SSSR count). The summed E-state index contributed by atoms with van der Waals surface area (Å²) in [4.78, 5) is 11.7. The number of hydrogen-bond donors (Lipinski definition) is 1. The van der Waals surface area contributed by atoms with Crippen molar-refractivity contribution in [2.45, 2.75) is 23.2 Å². The first-order chi connectivity index (χ1) is 7.56. The zero-order chi connectivity index (χ0) is 12.2. The molecule has 4 heteroatoms. The van der Waals surface area contributed by atoms with Crippen LogP contribution in [0.5, 0.6) is 0 Å². The van der Waals surface area contributed by atoms with Crippen LogP contribution in [0, 0.1) is 0 Å². The summed E-state index contributed by atoms with van der Waals surface area (Å²) in [5.74, 6) is 1.57. The van der Waals surface area contributed by atoms with Crippen LogP contribution in [-0.2, 0) is 9.53 Å². The Balaban J connectivity index is 3.02. The number of esters is 1. The summed E-state index contributed by atoms with van der Waals surface area (Å²) >= 11 is -0.0463. The maximum atomic E-state index is 11.7. The van der Waals surface area contributed by atoms with E-state index in [9.17, 15) is 9.90 Å². The molecule has 88 valence electrons. The molecular formula is C12H16O3Se. The van der Waals surface area contributed by atoms with Gasteiger partial charge in [-0.3, -0.25) is 0 Å². The fourth-order valence-corrected chi connectivity index (χ4v) is 2.74. The van der Waals surface area contributed by atoms with Crippen molar-refractivity contribution < 1.29 is 14.6 Å². The number of carbonyl (C=O) groups excluding carboxylic acids is 1. The first-order valence-electron chi connectivity index (χ1n) is 4.93. The van der Waals surface area contributed by atoms with Crippen molar-refractivity contribution in [1.29, 1.82) is 0 Å². The molecular weight excluding hydrogens is 271 g/mol. The van der Waals surface area contributed by atoms with Gasteiger partial charge in [0, 0.05) is 0 Å². The number of methoxy groups -OCH3 is 1. The van der Waals surface area contributed by atoms with Crippen LogP contribution in [0.1, 0.15) is 18.6 Å². The zero-order valence-electron chi connectivity index (χ0n) is 9.64. The van der Waals surface area contributed by atoms with Gasteiger partial charge in [-0.2, -0.15) is 0 Å². The molecule has 16 heavy (non-hydrogen) atoms. The SMILES string of the molecule is COC(=O)[C@@](C)([Se]C)[C@H](O)c1ccccc1. The van der Waals surface area contributed by atoms with E-state index >= 15 is 0 Å². The predicted octanol–water partition coefficient (Wildman–Crippen LogP) is 1.82. The third-order valence-electron chi connectivity index (χ3n) is 2.65. The molecule has 0 amide bonds. The average molecular weight is 287 g/mol. The summed E-state index contributed by atoms with van der Waals surface area (Å²) in [6.45, 7) is 1.75. The Hall–Kier alpha value is -0.831. The summed E-state index contributed by atoms with van der Waals surface area (Å²) in [6, 6.07) is 9.20. The molecule has 0 unspecified atom stereocenters. The maximum absolute atomic E-state index is 11.7. The molecule has 0 fully saturated rings. The molecule has 1 N–H and O–H groups in total. The van der Waals surface area contributed by atoms with Crippen molar-refractivity contribution in [2.24, 2.45) is 0 Å². The number of aliphatic hydroxyl groups excluding tert-OH is 1. The van der Waals surface area contributed by atoms with Crippen LogP contribution < -0.4 is 0 Å². The summed E-state index contributed by atoms with van der Waals surface area (Å²) in [6.07, 6.45) is -0.814. The third-order valence-corrected chi connectivity index (χ3v) is 5.25. The van der Waals surface area contributed by atoms with Crippen LogP contribution in [0.15, 0.2) is 30.3 Å². The standard InChI is InChI=1S/C12H16O3Se/c1-12(16-3,11(14)15-2)10(13)9-7-5-4-6-8-9/h4-8,10,13H,1-3H3/t10-,12+/m1/s1. The van der Waals surface area contributed by atoms with Gasteiger partial charge in [0.05, 0.1) is 0 Å². The van der Waals surface area contributed by atoms with E-state index in [0.717, 1.165) is 5.56 Å². The van der Waals surface area contributed by atoms with Crippen LogP contribution >= 0.6 is 0 Å². The van der Waals surface area contributed by atoms with Gasteiger partial charge in [0.15, 0.2) is 0 Å². The Morgan fingerprint density at radius 2 is 2.00 bits per heavy atom. The minimum absolute atomic E-state index is 0.0463. The van der Waals surface area contributed by atoms with E-state index in [1.807, 2.05) is 36.2 Å². The van der Waals surface area contributed by atoms with E-state index in [1.54, 1.807) is 6.92 Å². The van der Waals surface area contributed by atoms with E-state index in [4.69, 9.17) is 4.74 Å². The second-order valence-electron chi connectivity index (χ2n) is 3.62. The van der Waals surface area contributed by atoms with Gasteiger partial charge >= 0.3 is 102 Å². The number of aliphatic hydroxyl groups is 1. The van der Waals surface area contributed by atoms with E-state index in [2.05, 4.69) is 0 Å². The van der Waals surface area contributed by atoms with Gasteiger partial charge in [-0.1, -0.05) is 0 Å². The number of hydrogen-bond acceptors (Lipinski definition) is 3. The third kappa shape index (κ3) is 2.46. The molecule has 0 heterocycles. The summed E-state index contributed by atoms with van der Waals surface area (Å²) in [5, 5.41) is 10.3.